The van der Waals surface area contributed by atoms with Gasteiger partial charge in [0.05, 0.1) is 5.70 Å². The minimum Gasteiger partial charge on any atom is -0.361 e. The average molecular weight is 313 g/mol. The van der Waals surface area contributed by atoms with Gasteiger partial charge in [0, 0.05) is 29.0 Å². The van der Waals surface area contributed by atoms with E-state index in [0.29, 0.717) is 0 Å². The fraction of sp³-hybridized carbons (Fsp3) is 0.0625. The SMILES string of the molecule is BrCc1ccc(/C(=C2\C=CC=N2)c2ccc[nH]2)cc1. The van der Waals surface area contributed by atoms with E-state index < -0.39 is 0 Å². The Morgan fingerprint density at radius 1 is 1.16 bits per heavy atom. The number of H-pyrrole nitrogens is 1. The number of hydrogen-bond donors (Lipinski definition) is 1. The first-order valence-corrected chi connectivity index (χ1v) is 7.24. The van der Waals surface area contributed by atoms with Crippen LogP contribution in [-0.4, -0.2) is 11.2 Å². The molecule has 2 heterocycles. The number of benzene rings is 1. The Hall–Kier alpha value is -1.87. The fourth-order valence-corrected chi connectivity index (χ4v) is 2.51. The Morgan fingerprint density at radius 3 is 2.58 bits per heavy atom. The van der Waals surface area contributed by atoms with Gasteiger partial charge in [-0.2, -0.15) is 0 Å². The first-order valence-electron chi connectivity index (χ1n) is 6.12. The van der Waals surface area contributed by atoms with E-state index in [1.54, 1.807) is 0 Å². The Bertz CT molecular complexity index is 633. The van der Waals surface area contributed by atoms with Gasteiger partial charge in [-0.25, -0.2) is 0 Å². The molecule has 19 heavy (non-hydrogen) atoms. The van der Waals surface area contributed by atoms with E-state index in [4.69, 9.17) is 0 Å². The van der Waals surface area contributed by atoms with Crippen molar-refractivity contribution in [1.82, 2.24) is 4.98 Å². The summed E-state index contributed by atoms with van der Waals surface area (Å²) in [5.41, 5.74) is 5.66. The van der Waals surface area contributed by atoms with Crippen LogP contribution in [0, 0.1) is 0 Å². The summed E-state index contributed by atoms with van der Waals surface area (Å²) >= 11 is 3.47. The fourth-order valence-electron chi connectivity index (χ4n) is 2.14. The van der Waals surface area contributed by atoms with Gasteiger partial charge in [-0.05, 0) is 35.4 Å². The second-order valence-corrected chi connectivity index (χ2v) is 4.87. The van der Waals surface area contributed by atoms with E-state index in [9.17, 15) is 0 Å². The minimum atomic E-state index is 0.875. The zero-order chi connectivity index (χ0) is 13.1. The number of nitrogens with zero attached hydrogens (tertiary/aromatic N) is 1. The van der Waals surface area contributed by atoms with Gasteiger partial charge in [0.15, 0.2) is 0 Å². The molecule has 1 aromatic heterocycles. The molecule has 0 unspecified atom stereocenters. The van der Waals surface area contributed by atoms with E-state index in [2.05, 4.69) is 56.2 Å². The number of alkyl halides is 1. The van der Waals surface area contributed by atoms with Crippen molar-refractivity contribution < 1.29 is 0 Å². The summed E-state index contributed by atoms with van der Waals surface area (Å²) in [5.74, 6) is 0. The molecule has 3 heteroatoms. The molecule has 0 amide bonds. The lowest BCUT2D eigenvalue weighted by molar-refractivity contribution is 1.31. The molecule has 94 valence electrons. The highest BCUT2D eigenvalue weighted by Crippen LogP contribution is 2.28. The van der Waals surface area contributed by atoms with Crippen LogP contribution < -0.4 is 0 Å². The minimum absolute atomic E-state index is 0.875. The van der Waals surface area contributed by atoms with Gasteiger partial charge in [-0.1, -0.05) is 40.2 Å². The van der Waals surface area contributed by atoms with E-state index in [1.807, 2.05) is 30.6 Å². The van der Waals surface area contributed by atoms with Crippen LogP contribution in [0.25, 0.3) is 5.57 Å². The largest absolute Gasteiger partial charge is 0.361 e. The molecular formula is C16H13BrN2. The molecule has 0 saturated heterocycles. The van der Waals surface area contributed by atoms with Crippen molar-refractivity contribution in [3.8, 4) is 0 Å². The van der Waals surface area contributed by atoms with Crippen molar-refractivity contribution in [3.63, 3.8) is 0 Å². The van der Waals surface area contributed by atoms with E-state index in [-0.39, 0.29) is 0 Å². The molecule has 2 aromatic rings. The number of aliphatic imine (C=N–C) groups is 1. The maximum Gasteiger partial charge on any atom is 0.0729 e. The predicted octanol–water partition coefficient (Wildman–Crippen LogP) is 4.31. The number of allylic oxidation sites excluding steroid dienone is 2. The second-order valence-electron chi connectivity index (χ2n) is 4.31. The molecule has 0 atom stereocenters. The average Bonchev–Trinajstić information content (AvgIpc) is 3.13. The molecule has 0 aliphatic carbocycles. The zero-order valence-corrected chi connectivity index (χ0v) is 11.9. The summed E-state index contributed by atoms with van der Waals surface area (Å²) in [7, 11) is 0. The Balaban J connectivity index is 2.12. The van der Waals surface area contributed by atoms with Gasteiger partial charge >= 0.3 is 0 Å². The molecule has 0 fully saturated rings. The summed E-state index contributed by atoms with van der Waals surface area (Å²) < 4.78 is 0. The van der Waals surface area contributed by atoms with Gasteiger partial charge in [0.25, 0.3) is 0 Å². The number of halogens is 1. The van der Waals surface area contributed by atoms with E-state index in [0.717, 1.165) is 22.3 Å². The maximum atomic E-state index is 4.43. The van der Waals surface area contributed by atoms with Crippen LogP contribution in [0.15, 0.2) is 65.4 Å². The lowest BCUT2D eigenvalue weighted by Crippen LogP contribution is -1.92. The number of nitrogens with one attached hydrogen (secondary N) is 1. The number of rotatable bonds is 3. The predicted molar refractivity (Wildman–Crippen MR) is 83.5 cm³/mol. The normalized spacial score (nSPS) is 16.1. The molecule has 1 N–H and O–H groups in total. The Morgan fingerprint density at radius 2 is 2.00 bits per heavy atom. The first kappa shape index (κ1) is 12.2. The van der Waals surface area contributed by atoms with Crippen molar-refractivity contribution in [2.75, 3.05) is 0 Å². The Kier molecular flexibility index (Phi) is 3.47. The number of hydrogen-bond acceptors (Lipinski definition) is 1. The van der Waals surface area contributed by atoms with E-state index in [1.165, 1.54) is 11.1 Å². The van der Waals surface area contributed by atoms with Crippen molar-refractivity contribution >= 4 is 27.7 Å². The molecule has 3 rings (SSSR count). The van der Waals surface area contributed by atoms with Crippen LogP contribution in [0.2, 0.25) is 0 Å². The van der Waals surface area contributed by atoms with Gasteiger partial charge in [-0.3, -0.25) is 4.99 Å². The summed E-state index contributed by atoms with van der Waals surface area (Å²) in [5, 5.41) is 0.875. The van der Waals surface area contributed by atoms with Crippen LogP contribution in [0.3, 0.4) is 0 Å². The molecule has 1 aliphatic heterocycles. The van der Waals surface area contributed by atoms with Gasteiger partial charge in [0.2, 0.25) is 0 Å². The van der Waals surface area contributed by atoms with Gasteiger partial charge in [-0.15, -0.1) is 0 Å². The van der Waals surface area contributed by atoms with Crippen molar-refractivity contribution in [2.45, 2.75) is 5.33 Å². The highest BCUT2D eigenvalue weighted by molar-refractivity contribution is 9.08. The third-order valence-corrected chi connectivity index (χ3v) is 3.72. The lowest BCUT2D eigenvalue weighted by atomic mass is 9.99. The molecule has 2 nitrogen and oxygen atoms in total. The molecule has 0 bridgehead atoms. The zero-order valence-electron chi connectivity index (χ0n) is 10.3. The van der Waals surface area contributed by atoms with Crippen molar-refractivity contribution in [3.05, 3.63) is 77.3 Å². The monoisotopic (exact) mass is 312 g/mol. The molecule has 0 radical (unpaired) electrons. The van der Waals surface area contributed by atoms with Crippen LogP contribution in [0.5, 0.6) is 0 Å². The van der Waals surface area contributed by atoms with Crippen molar-refractivity contribution in [2.24, 2.45) is 4.99 Å². The third-order valence-electron chi connectivity index (χ3n) is 3.07. The standard InChI is InChI=1S/C16H13BrN2/c17-11-12-5-7-13(8-6-12)16(14-3-1-9-18-14)15-4-2-10-19-15/h1-10,18H,11H2/b16-15-. The molecule has 0 saturated carbocycles. The maximum absolute atomic E-state index is 4.43. The second kappa shape index (κ2) is 5.41. The Labute approximate surface area is 120 Å². The third kappa shape index (κ3) is 2.47. The quantitative estimate of drug-likeness (QED) is 0.818. The highest BCUT2D eigenvalue weighted by atomic mass is 79.9. The van der Waals surface area contributed by atoms with Crippen LogP contribution >= 0.6 is 15.9 Å². The molecule has 1 aromatic carbocycles. The topological polar surface area (TPSA) is 28.1 Å². The van der Waals surface area contributed by atoms with Crippen molar-refractivity contribution in [1.29, 1.82) is 0 Å². The van der Waals surface area contributed by atoms with Crippen LogP contribution in [-0.2, 0) is 5.33 Å². The smallest absolute Gasteiger partial charge is 0.0729 e. The molecule has 1 aliphatic rings. The molecular weight excluding hydrogens is 300 g/mol. The lowest BCUT2D eigenvalue weighted by Gasteiger charge is -2.09. The van der Waals surface area contributed by atoms with Crippen LogP contribution in [0.4, 0.5) is 0 Å². The first-order chi connectivity index (χ1) is 9.38. The summed E-state index contributed by atoms with van der Waals surface area (Å²) in [4.78, 5) is 7.69. The number of aromatic nitrogens is 1. The summed E-state index contributed by atoms with van der Waals surface area (Å²) in [6.45, 7) is 0. The molecule has 0 spiro atoms. The summed E-state index contributed by atoms with van der Waals surface area (Å²) in [6, 6.07) is 12.6. The van der Waals surface area contributed by atoms with Crippen LogP contribution in [0.1, 0.15) is 16.8 Å². The summed E-state index contributed by atoms with van der Waals surface area (Å²) in [6.07, 6.45) is 7.76. The number of aromatic amines is 1. The highest BCUT2D eigenvalue weighted by Gasteiger charge is 2.12. The van der Waals surface area contributed by atoms with Gasteiger partial charge in [0.1, 0.15) is 0 Å². The van der Waals surface area contributed by atoms with E-state index >= 15 is 0 Å². The van der Waals surface area contributed by atoms with Gasteiger partial charge < -0.3 is 4.98 Å².